The van der Waals surface area contributed by atoms with Crippen molar-refractivity contribution in [1.29, 1.82) is 0 Å². The van der Waals surface area contributed by atoms with Crippen LogP contribution in [0.15, 0.2) is 4.99 Å². The molecule has 0 aromatic heterocycles. The van der Waals surface area contributed by atoms with Crippen LogP contribution < -0.4 is 5.32 Å². The van der Waals surface area contributed by atoms with E-state index >= 15 is 0 Å². The van der Waals surface area contributed by atoms with Gasteiger partial charge in [0.15, 0.2) is 5.96 Å². The molecule has 0 radical (unpaired) electrons. The van der Waals surface area contributed by atoms with Crippen LogP contribution in [-0.4, -0.2) is 64.0 Å². The maximum Gasteiger partial charge on any atom is 0.194 e. The van der Waals surface area contributed by atoms with Crippen molar-refractivity contribution < 1.29 is 9.47 Å². The lowest BCUT2D eigenvalue weighted by molar-refractivity contribution is 0.154. The molecule has 18 heavy (non-hydrogen) atoms. The first-order valence-electron chi connectivity index (χ1n) is 6.91. The Hall–Kier alpha value is -0.810. The fourth-order valence-electron chi connectivity index (χ4n) is 2.18. The Balaban J connectivity index is 2.41. The minimum Gasteiger partial charge on any atom is -0.384 e. The molecule has 0 aromatic rings. The molecule has 1 saturated heterocycles. The van der Waals surface area contributed by atoms with Gasteiger partial charge in [0.05, 0.1) is 19.8 Å². The topological polar surface area (TPSA) is 46.1 Å². The summed E-state index contributed by atoms with van der Waals surface area (Å²) in [5, 5.41) is 3.34. The van der Waals surface area contributed by atoms with E-state index in [2.05, 4.69) is 22.1 Å². The molecule has 1 fully saturated rings. The monoisotopic (exact) mass is 257 g/mol. The molecule has 0 aliphatic carbocycles. The van der Waals surface area contributed by atoms with Crippen LogP contribution in [0, 0.1) is 5.92 Å². The van der Waals surface area contributed by atoms with Crippen LogP contribution in [0.4, 0.5) is 0 Å². The van der Waals surface area contributed by atoms with E-state index < -0.39 is 0 Å². The van der Waals surface area contributed by atoms with Crippen LogP contribution in [0.2, 0.25) is 0 Å². The van der Waals surface area contributed by atoms with Gasteiger partial charge in [0.25, 0.3) is 0 Å². The van der Waals surface area contributed by atoms with Gasteiger partial charge in [0.2, 0.25) is 0 Å². The molecule has 1 unspecified atom stereocenters. The fraction of sp³-hybridized carbons (Fsp3) is 0.923. The Labute approximate surface area is 111 Å². The van der Waals surface area contributed by atoms with Gasteiger partial charge in [-0.25, -0.2) is 0 Å². The summed E-state index contributed by atoms with van der Waals surface area (Å²) >= 11 is 0. The maximum absolute atomic E-state index is 5.31. The zero-order chi connectivity index (χ0) is 13.2. The summed E-state index contributed by atoms with van der Waals surface area (Å²) in [5.74, 6) is 1.64. The molecule has 0 bridgehead atoms. The van der Waals surface area contributed by atoms with Gasteiger partial charge in [-0.1, -0.05) is 0 Å². The third-order valence-corrected chi connectivity index (χ3v) is 3.02. The highest BCUT2D eigenvalue weighted by molar-refractivity contribution is 5.80. The summed E-state index contributed by atoms with van der Waals surface area (Å²) in [6.07, 6.45) is 1.18. The van der Waals surface area contributed by atoms with E-state index in [9.17, 15) is 0 Å². The van der Waals surface area contributed by atoms with E-state index in [1.165, 1.54) is 6.42 Å². The number of nitrogens with zero attached hydrogens (tertiary/aromatic N) is 2. The van der Waals surface area contributed by atoms with Gasteiger partial charge in [-0.2, -0.15) is 0 Å². The molecule has 106 valence electrons. The second-order valence-electron chi connectivity index (χ2n) is 4.49. The highest BCUT2D eigenvalue weighted by Crippen LogP contribution is 2.16. The average molecular weight is 257 g/mol. The zero-order valence-corrected chi connectivity index (χ0v) is 11.9. The second-order valence-corrected chi connectivity index (χ2v) is 4.49. The summed E-state index contributed by atoms with van der Waals surface area (Å²) < 4.78 is 10.5. The molecule has 0 aromatic carbocycles. The molecule has 0 spiro atoms. The summed E-state index contributed by atoms with van der Waals surface area (Å²) in [6, 6.07) is 0. The summed E-state index contributed by atoms with van der Waals surface area (Å²) in [4.78, 5) is 6.91. The predicted octanol–water partition coefficient (Wildman–Crippen LogP) is 0.957. The first kappa shape index (κ1) is 15.2. The third kappa shape index (κ3) is 5.23. The molecule has 5 nitrogen and oxygen atoms in total. The molecular formula is C13H27N3O2. The third-order valence-electron chi connectivity index (χ3n) is 3.02. The van der Waals surface area contributed by atoms with E-state index in [-0.39, 0.29) is 0 Å². The van der Waals surface area contributed by atoms with Gasteiger partial charge in [0.1, 0.15) is 0 Å². The smallest absolute Gasteiger partial charge is 0.194 e. The number of guanidine groups is 1. The Bertz CT molecular complexity index is 246. The van der Waals surface area contributed by atoms with Crippen LogP contribution in [0.3, 0.4) is 0 Å². The summed E-state index contributed by atoms with van der Waals surface area (Å²) in [6.45, 7) is 10.1. The highest BCUT2D eigenvalue weighted by atomic mass is 16.5. The van der Waals surface area contributed by atoms with Crippen LogP contribution in [-0.2, 0) is 9.47 Å². The van der Waals surface area contributed by atoms with Gasteiger partial charge < -0.3 is 19.7 Å². The van der Waals surface area contributed by atoms with Crippen molar-refractivity contribution in [3.63, 3.8) is 0 Å². The van der Waals surface area contributed by atoms with Gasteiger partial charge in [0, 0.05) is 39.3 Å². The van der Waals surface area contributed by atoms with E-state index in [1.807, 2.05) is 6.92 Å². The molecule has 0 saturated carbocycles. The van der Waals surface area contributed by atoms with E-state index in [0.29, 0.717) is 12.5 Å². The molecule has 1 aliphatic heterocycles. The number of rotatable bonds is 7. The van der Waals surface area contributed by atoms with E-state index in [0.717, 1.165) is 45.4 Å². The first-order chi connectivity index (χ1) is 8.81. The average Bonchev–Trinajstić information content (AvgIpc) is 2.82. The number of hydrogen-bond donors (Lipinski definition) is 1. The van der Waals surface area contributed by atoms with Gasteiger partial charge >= 0.3 is 0 Å². The quantitative estimate of drug-likeness (QED) is 0.419. The van der Waals surface area contributed by atoms with Gasteiger partial charge in [-0.15, -0.1) is 0 Å². The van der Waals surface area contributed by atoms with Gasteiger partial charge in [-0.3, -0.25) is 4.99 Å². The van der Waals surface area contributed by atoms with E-state index in [1.54, 1.807) is 7.11 Å². The molecular weight excluding hydrogens is 230 g/mol. The Morgan fingerprint density at radius 3 is 2.94 bits per heavy atom. The lowest BCUT2D eigenvalue weighted by Gasteiger charge is -2.21. The van der Waals surface area contributed by atoms with Crippen LogP contribution in [0.25, 0.3) is 0 Å². The number of methoxy groups -OCH3 is 1. The lowest BCUT2D eigenvalue weighted by atomic mass is 10.1. The number of likely N-dealkylation sites (tertiary alicyclic amines) is 1. The SMILES string of the molecule is CCNC(=NCCOCC)N1CCC(COC)C1. The molecule has 1 aliphatic rings. The Morgan fingerprint density at radius 1 is 1.44 bits per heavy atom. The molecule has 0 amide bonds. The molecule has 5 heteroatoms. The molecule has 1 rings (SSSR count). The largest absolute Gasteiger partial charge is 0.384 e. The second kappa shape index (κ2) is 9.16. The summed E-state index contributed by atoms with van der Waals surface area (Å²) in [7, 11) is 1.77. The minimum absolute atomic E-state index is 0.630. The zero-order valence-electron chi connectivity index (χ0n) is 11.9. The number of ether oxygens (including phenoxy) is 2. The van der Waals surface area contributed by atoms with Crippen molar-refractivity contribution >= 4 is 5.96 Å². The van der Waals surface area contributed by atoms with Crippen molar-refractivity contribution in [1.82, 2.24) is 10.2 Å². The van der Waals surface area contributed by atoms with Crippen LogP contribution in [0.5, 0.6) is 0 Å². The van der Waals surface area contributed by atoms with Crippen molar-refractivity contribution in [2.45, 2.75) is 20.3 Å². The Morgan fingerprint density at radius 2 is 2.28 bits per heavy atom. The highest BCUT2D eigenvalue weighted by Gasteiger charge is 2.24. The summed E-state index contributed by atoms with van der Waals surface area (Å²) in [5.41, 5.74) is 0. The van der Waals surface area contributed by atoms with Gasteiger partial charge in [-0.05, 0) is 20.3 Å². The minimum atomic E-state index is 0.630. The molecule has 1 heterocycles. The normalized spacial score (nSPS) is 20.5. The molecule has 1 N–H and O–H groups in total. The fourth-order valence-corrected chi connectivity index (χ4v) is 2.18. The number of nitrogens with one attached hydrogen (secondary N) is 1. The molecule has 1 atom stereocenters. The first-order valence-corrected chi connectivity index (χ1v) is 6.91. The van der Waals surface area contributed by atoms with Crippen molar-refractivity contribution in [2.24, 2.45) is 10.9 Å². The van der Waals surface area contributed by atoms with Crippen LogP contribution >= 0.6 is 0 Å². The standard InChI is InChI=1S/C13H27N3O2/c1-4-14-13(15-7-9-18-5-2)16-8-6-12(10-16)11-17-3/h12H,4-11H2,1-3H3,(H,14,15). The predicted molar refractivity (Wildman–Crippen MR) is 74.0 cm³/mol. The lowest BCUT2D eigenvalue weighted by Crippen LogP contribution is -2.40. The van der Waals surface area contributed by atoms with Crippen molar-refractivity contribution in [2.75, 3.05) is 53.1 Å². The van der Waals surface area contributed by atoms with Crippen molar-refractivity contribution in [3.8, 4) is 0 Å². The van der Waals surface area contributed by atoms with Crippen molar-refractivity contribution in [3.05, 3.63) is 0 Å². The Kier molecular flexibility index (Phi) is 7.76. The number of aliphatic imine (C=N–C) groups is 1. The maximum atomic E-state index is 5.31. The number of hydrogen-bond acceptors (Lipinski definition) is 3. The van der Waals surface area contributed by atoms with Crippen LogP contribution in [0.1, 0.15) is 20.3 Å². The van der Waals surface area contributed by atoms with E-state index in [4.69, 9.17) is 9.47 Å².